The van der Waals surface area contributed by atoms with Gasteiger partial charge < -0.3 is 15.4 Å². The van der Waals surface area contributed by atoms with Crippen molar-refractivity contribution in [2.24, 2.45) is 27.6 Å². The fourth-order valence-corrected chi connectivity index (χ4v) is 5.63. The second-order valence-corrected chi connectivity index (χ2v) is 11.8. The monoisotopic (exact) mass is 627 g/mol. The number of fused-ring (bicyclic) bond motifs is 1. The van der Waals surface area contributed by atoms with Crippen LogP contribution in [-0.2, 0) is 32.1 Å². The summed E-state index contributed by atoms with van der Waals surface area (Å²) in [5.41, 5.74) is 4.08. The summed E-state index contributed by atoms with van der Waals surface area (Å²) in [5.74, 6) is -3.21. The molecule has 0 aliphatic carbocycles. The van der Waals surface area contributed by atoms with Crippen molar-refractivity contribution >= 4 is 46.6 Å². The number of hydrazone groups is 1. The Bertz CT molecular complexity index is 1390. The molecule has 1 fully saturated rings. The highest BCUT2D eigenvalue weighted by atomic mass is 35.5. The highest BCUT2D eigenvalue weighted by Crippen LogP contribution is 2.41. The van der Waals surface area contributed by atoms with Crippen LogP contribution in [-0.4, -0.2) is 70.7 Å². The molecule has 0 bridgehead atoms. The molecular weight excluding hydrogens is 598 g/mol. The van der Waals surface area contributed by atoms with Gasteiger partial charge in [0.1, 0.15) is 12.0 Å². The smallest absolute Gasteiger partial charge is 0.376 e. The Morgan fingerprint density at radius 3 is 2.55 bits per heavy atom. The lowest BCUT2D eigenvalue weighted by Gasteiger charge is -2.42. The molecule has 226 valence electrons. The predicted molar refractivity (Wildman–Crippen MR) is 149 cm³/mol. The molecule has 1 aromatic carbocycles. The van der Waals surface area contributed by atoms with Gasteiger partial charge in [-0.1, -0.05) is 49.2 Å². The molecule has 3 amide bonds. The minimum atomic E-state index is -4.67. The molecule has 2 aliphatic rings. The van der Waals surface area contributed by atoms with Crippen molar-refractivity contribution in [2.45, 2.75) is 39.5 Å². The number of amides is 3. The van der Waals surface area contributed by atoms with Crippen molar-refractivity contribution < 1.29 is 32.3 Å². The van der Waals surface area contributed by atoms with Gasteiger partial charge in [-0.05, 0) is 29.8 Å². The Morgan fingerprint density at radius 1 is 1.19 bits per heavy atom. The Morgan fingerprint density at radius 2 is 1.93 bits per heavy atom. The number of piperidine rings is 1. The summed E-state index contributed by atoms with van der Waals surface area (Å²) in [6.45, 7) is 1.11. The number of pyridine rings is 1. The number of rotatable bonds is 10. The molecule has 0 unspecified atom stereocenters. The lowest BCUT2D eigenvalue weighted by Crippen LogP contribution is -2.59. The van der Waals surface area contributed by atoms with E-state index in [1.54, 1.807) is 36.4 Å². The van der Waals surface area contributed by atoms with E-state index in [-0.39, 0.29) is 44.9 Å². The molecule has 0 radical (unpaired) electrons. The maximum Gasteiger partial charge on any atom is 0.408 e. The van der Waals surface area contributed by atoms with Gasteiger partial charge in [0.15, 0.2) is 0 Å². The van der Waals surface area contributed by atoms with Gasteiger partial charge >= 0.3 is 6.18 Å². The van der Waals surface area contributed by atoms with Crippen molar-refractivity contribution in [3.8, 4) is 0 Å². The van der Waals surface area contributed by atoms with Crippen LogP contribution in [0.1, 0.15) is 31.5 Å². The molecule has 0 saturated carbocycles. The van der Waals surface area contributed by atoms with Gasteiger partial charge in [-0.25, -0.2) is 5.01 Å². The Kier molecular flexibility index (Phi) is 9.19. The van der Waals surface area contributed by atoms with Crippen LogP contribution in [0.25, 0.3) is 0 Å². The van der Waals surface area contributed by atoms with Crippen LogP contribution in [0.3, 0.4) is 0 Å². The number of ether oxygens (including phenoxy) is 1. The molecule has 2 N–H and O–H groups in total. The number of aromatic nitrogens is 1. The van der Waals surface area contributed by atoms with E-state index in [1.165, 1.54) is 24.9 Å². The van der Waals surface area contributed by atoms with E-state index in [0.29, 0.717) is 26.3 Å². The van der Waals surface area contributed by atoms with E-state index in [4.69, 9.17) is 33.7 Å². The number of alkyl halides is 3. The largest absolute Gasteiger partial charge is 0.408 e. The topological polar surface area (TPSA) is 118 Å². The quantitative estimate of drug-likeness (QED) is 0.422. The van der Waals surface area contributed by atoms with E-state index in [0.717, 1.165) is 0 Å². The van der Waals surface area contributed by atoms with Gasteiger partial charge in [0.05, 0.1) is 30.3 Å². The summed E-state index contributed by atoms with van der Waals surface area (Å²) in [5, 5.41) is 5.28. The number of carbonyl (C=O) groups excluding carboxylic acids is 3. The molecule has 1 saturated heterocycles. The first-order chi connectivity index (χ1) is 19.6. The molecule has 42 heavy (non-hydrogen) atoms. The summed E-state index contributed by atoms with van der Waals surface area (Å²) in [6, 6.07) is 9.88. The van der Waals surface area contributed by atoms with Crippen LogP contribution in [0.4, 0.5) is 13.2 Å². The van der Waals surface area contributed by atoms with Crippen molar-refractivity contribution in [3.63, 3.8) is 0 Å². The van der Waals surface area contributed by atoms with Crippen LogP contribution in [0, 0.1) is 16.7 Å². The number of nitrogens with two attached hydrogens (primary N) is 1. The highest BCUT2D eigenvalue weighted by Gasteiger charge is 2.57. The lowest BCUT2D eigenvalue weighted by atomic mass is 9.72. The van der Waals surface area contributed by atoms with E-state index in [1.807, 2.05) is 0 Å². The van der Waals surface area contributed by atoms with Crippen LogP contribution in [0.15, 0.2) is 47.7 Å². The average molecular weight is 628 g/mol. The van der Waals surface area contributed by atoms with Gasteiger partial charge in [0, 0.05) is 47.9 Å². The van der Waals surface area contributed by atoms with Gasteiger partial charge in [0.25, 0.3) is 5.91 Å². The van der Waals surface area contributed by atoms with E-state index >= 15 is 0 Å². The van der Waals surface area contributed by atoms with Crippen molar-refractivity contribution in [1.82, 2.24) is 14.9 Å². The zero-order valence-electron chi connectivity index (χ0n) is 23.0. The number of carbonyl (C=O) groups is 3. The van der Waals surface area contributed by atoms with Gasteiger partial charge in [-0.2, -0.15) is 18.3 Å². The highest BCUT2D eigenvalue weighted by molar-refractivity contribution is 6.35. The van der Waals surface area contributed by atoms with Gasteiger partial charge in [0.2, 0.25) is 11.8 Å². The molecule has 9 nitrogen and oxygen atoms in total. The maximum atomic E-state index is 14.0. The number of halogens is 5. The van der Waals surface area contributed by atoms with Crippen LogP contribution in [0.2, 0.25) is 10.0 Å². The second kappa shape index (κ2) is 12.2. The molecule has 14 heteroatoms. The van der Waals surface area contributed by atoms with Gasteiger partial charge in [-0.15, -0.1) is 0 Å². The Balaban J connectivity index is 1.61. The minimum absolute atomic E-state index is 0.0138. The minimum Gasteiger partial charge on any atom is -0.376 e. The molecule has 0 spiro atoms. The maximum absolute atomic E-state index is 14.0. The third kappa shape index (κ3) is 6.71. The summed E-state index contributed by atoms with van der Waals surface area (Å²) in [7, 11) is 0. The summed E-state index contributed by atoms with van der Waals surface area (Å²) < 4.78 is 45.7. The summed E-state index contributed by atoms with van der Waals surface area (Å²) in [6.07, 6.45) is -3.16. The Labute approximate surface area is 250 Å². The Hall–Kier alpha value is -3.22. The third-order valence-electron chi connectivity index (χ3n) is 7.73. The van der Waals surface area contributed by atoms with E-state index in [9.17, 15) is 27.6 Å². The number of likely N-dealkylation sites (tertiary alicyclic amines) is 1. The van der Waals surface area contributed by atoms with E-state index < -0.39 is 47.2 Å². The zero-order chi connectivity index (χ0) is 30.9. The average Bonchev–Trinajstić information content (AvgIpc) is 3.16. The van der Waals surface area contributed by atoms with Crippen molar-refractivity contribution in [2.75, 3.05) is 26.2 Å². The molecule has 2 aromatic rings. The van der Waals surface area contributed by atoms with Crippen molar-refractivity contribution in [1.29, 1.82) is 0 Å². The van der Waals surface area contributed by atoms with Crippen LogP contribution >= 0.6 is 23.2 Å². The molecule has 2 atom stereocenters. The molecular formula is C28H30Cl2F3N5O4. The summed E-state index contributed by atoms with van der Waals surface area (Å²) in [4.78, 5) is 45.7. The summed E-state index contributed by atoms with van der Waals surface area (Å²) >= 11 is 12.2. The number of nitrogens with zero attached hydrogens (tertiary/aromatic N) is 4. The number of hydrogen-bond acceptors (Lipinski definition) is 6. The predicted octanol–water partition coefficient (Wildman–Crippen LogP) is 4.25. The van der Waals surface area contributed by atoms with Gasteiger partial charge in [-0.3, -0.25) is 19.4 Å². The zero-order valence-corrected chi connectivity index (χ0v) is 24.5. The fourth-order valence-electron chi connectivity index (χ4n) is 5.17. The first kappa shape index (κ1) is 31.7. The second-order valence-electron chi connectivity index (χ2n) is 11.0. The van der Waals surface area contributed by atoms with Crippen LogP contribution in [0.5, 0.6) is 0 Å². The first-order valence-corrected chi connectivity index (χ1v) is 13.9. The van der Waals surface area contributed by atoms with Crippen LogP contribution < -0.4 is 5.73 Å². The number of hydrogen-bond donors (Lipinski definition) is 1. The van der Waals surface area contributed by atoms with Crippen molar-refractivity contribution in [3.05, 3.63) is 63.9 Å². The normalized spacial score (nSPS) is 19.9. The molecule has 3 heterocycles. The van der Waals surface area contributed by atoms with E-state index in [2.05, 4.69) is 10.1 Å². The first-order valence-electron chi connectivity index (χ1n) is 13.1. The SMILES string of the molecule is CC(C)(C(N)=O)[C@H](COCc1ccc(Cl)cc1Cl)C(=O)N1CCC2=NN(CC(F)(F)F)C(=O)[C@]2(Cc2ccccn2)C1. The number of benzene rings is 1. The fraction of sp³-hybridized carbons (Fsp3) is 0.464. The molecule has 4 rings (SSSR count). The molecule has 1 aromatic heterocycles. The molecule has 2 aliphatic heterocycles. The lowest BCUT2D eigenvalue weighted by molar-refractivity contribution is -0.164. The standard InChI is InChI=1S/C28H30Cl2F3N5O4/c1-26(2,24(34)40)20(14-42-13-17-6-7-18(29)11-21(17)30)23(39)37-10-8-22-27(15-37,12-19-5-3-4-9-35-19)25(41)38(36-22)16-28(31,32)33/h3-7,9,11,20H,8,10,12-16H2,1-2H3,(H2,34,40)/t20-,27-/m1/s1. The number of primary amides is 1. The third-order valence-corrected chi connectivity index (χ3v) is 8.32.